The normalized spacial score (nSPS) is 15.9. The van der Waals surface area contributed by atoms with Gasteiger partial charge in [0.05, 0.1) is 11.3 Å². The van der Waals surface area contributed by atoms with Crippen molar-refractivity contribution in [2.75, 3.05) is 31.9 Å². The minimum Gasteiger partial charge on any atom is -0.326 e. The Bertz CT molecular complexity index is 1130. The van der Waals surface area contributed by atoms with Gasteiger partial charge in [-0.1, -0.05) is 48.6 Å². The van der Waals surface area contributed by atoms with Crippen LogP contribution < -0.4 is 11.1 Å². The van der Waals surface area contributed by atoms with Gasteiger partial charge in [-0.25, -0.2) is 12.4 Å². The third-order valence-electron chi connectivity index (χ3n) is 5.52. The lowest BCUT2D eigenvalue weighted by Crippen LogP contribution is -2.42. The van der Waals surface area contributed by atoms with Gasteiger partial charge in [-0.3, -0.25) is 4.90 Å². The number of benzene rings is 2. The van der Waals surface area contributed by atoms with Crippen molar-refractivity contribution >= 4 is 27.0 Å². The van der Waals surface area contributed by atoms with Crippen LogP contribution in [0.1, 0.15) is 16.7 Å². The van der Waals surface area contributed by atoms with E-state index >= 15 is 0 Å². The topological polar surface area (TPSA) is 80.4 Å². The summed E-state index contributed by atoms with van der Waals surface area (Å²) in [5, 5.41) is 4.36. The summed E-state index contributed by atoms with van der Waals surface area (Å²) in [6.45, 7) is 5.33. The minimum absolute atomic E-state index is 0.0581. The molecule has 0 unspecified atom stereocenters. The van der Waals surface area contributed by atoms with Crippen LogP contribution in [0.4, 0.5) is 0 Å². The number of aromatic nitrogens is 1. The van der Waals surface area contributed by atoms with Crippen molar-refractivity contribution in [2.24, 2.45) is 5.73 Å². The van der Waals surface area contributed by atoms with Crippen LogP contribution in [0.15, 0.2) is 60.8 Å². The summed E-state index contributed by atoms with van der Waals surface area (Å²) in [6, 6.07) is 15.6. The maximum absolute atomic E-state index is 13.0. The molecule has 1 aromatic heterocycles. The Morgan fingerprint density at radius 3 is 2.53 bits per heavy atom. The molecule has 0 spiro atoms. The zero-order valence-corrected chi connectivity index (χ0v) is 17.8. The van der Waals surface area contributed by atoms with E-state index in [-0.39, 0.29) is 5.75 Å². The van der Waals surface area contributed by atoms with E-state index in [0.717, 1.165) is 54.8 Å². The molecule has 7 heteroatoms. The fourth-order valence-electron chi connectivity index (χ4n) is 3.85. The second-order valence-corrected chi connectivity index (χ2v) is 9.50. The lowest BCUT2D eigenvalue weighted by atomic mass is 10.1. The third-order valence-corrected chi connectivity index (χ3v) is 7.05. The van der Waals surface area contributed by atoms with Crippen molar-refractivity contribution in [3.63, 3.8) is 0 Å². The molecule has 1 aliphatic rings. The molecule has 0 atom stereocenters. The lowest BCUT2D eigenvalue weighted by molar-refractivity contribution is 0.234. The number of piperazine rings is 1. The predicted molar refractivity (Wildman–Crippen MR) is 123 cm³/mol. The Morgan fingerprint density at radius 2 is 1.80 bits per heavy atom. The van der Waals surface area contributed by atoms with E-state index in [0.29, 0.717) is 6.54 Å². The predicted octanol–water partition coefficient (Wildman–Crippen LogP) is 2.40. The van der Waals surface area contributed by atoms with E-state index in [1.54, 1.807) is 12.3 Å². The van der Waals surface area contributed by atoms with E-state index in [2.05, 4.69) is 16.3 Å². The molecule has 2 aromatic carbocycles. The number of fused-ring (bicyclic) bond motifs is 1. The number of nitrogens with zero attached hydrogens (tertiary/aromatic N) is 2. The van der Waals surface area contributed by atoms with E-state index < -0.39 is 10.0 Å². The number of rotatable bonds is 7. The van der Waals surface area contributed by atoms with Gasteiger partial charge in [0.1, 0.15) is 0 Å². The summed E-state index contributed by atoms with van der Waals surface area (Å²) in [6.07, 6.45) is 5.20. The first kappa shape index (κ1) is 20.8. The maximum Gasteiger partial charge on any atom is 0.242 e. The Balaban J connectivity index is 1.52. The first-order valence-electron chi connectivity index (χ1n) is 10.3. The number of hydrogen-bond acceptors (Lipinski definition) is 5. The quantitative estimate of drug-likeness (QED) is 0.609. The van der Waals surface area contributed by atoms with Crippen LogP contribution in [0.2, 0.25) is 0 Å². The molecule has 1 saturated heterocycles. The molecule has 0 aliphatic carbocycles. The lowest BCUT2D eigenvalue weighted by Gasteiger charge is -2.27. The fraction of sp³-hybridized carbons (Fsp3) is 0.304. The molecule has 6 nitrogen and oxygen atoms in total. The van der Waals surface area contributed by atoms with Gasteiger partial charge in [0.25, 0.3) is 0 Å². The van der Waals surface area contributed by atoms with Crippen LogP contribution in [0.25, 0.3) is 17.0 Å². The molecule has 158 valence electrons. The van der Waals surface area contributed by atoms with Crippen molar-refractivity contribution < 1.29 is 8.42 Å². The summed E-state index contributed by atoms with van der Waals surface area (Å²) in [4.78, 5) is 2.40. The molecule has 4 rings (SSSR count). The third kappa shape index (κ3) is 4.65. The van der Waals surface area contributed by atoms with Gasteiger partial charge in [-0.2, -0.15) is 0 Å². The summed E-state index contributed by atoms with van der Waals surface area (Å²) in [5.74, 6) is -0.0581. The summed E-state index contributed by atoms with van der Waals surface area (Å²) >= 11 is 0. The second-order valence-electron chi connectivity index (χ2n) is 7.61. The van der Waals surface area contributed by atoms with Gasteiger partial charge in [0.15, 0.2) is 0 Å². The van der Waals surface area contributed by atoms with Gasteiger partial charge in [-0.15, -0.1) is 0 Å². The number of nitrogens with one attached hydrogen (secondary N) is 1. The molecular formula is C23H28N4O2S. The van der Waals surface area contributed by atoms with Gasteiger partial charge in [-0.05, 0) is 28.8 Å². The van der Waals surface area contributed by atoms with Crippen LogP contribution in [0.5, 0.6) is 0 Å². The second kappa shape index (κ2) is 9.14. The smallest absolute Gasteiger partial charge is 0.242 e. The molecule has 1 aliphatic heterocycles. The average Bonchev–Trinajstić information content (AvgIpc) is 3.21. The molecule has 1 fully saturated rings. The first-order valence-corrected chi connectivity index (χ1v) is 11.9. The zero-order valence-electron chi connectivity index (χ0n) is 17.0. The van der Waals surface area contributed by atoms with Crippen molar-refractivity contribution in [1.29, 1.82) is 0 Å². The number of hydrogen-bond donors (Lipinski definition) is 2. The molecule has 3 aromatic rings. The summed E-state index contributed by atoms with van der Waals surface area (Å²) < 4.78 is 27.4. The van der Waals surface area contributed by atoms with Crippen LogP contribution in [0.3, 0.4) is 0 Å². The van der Waals surface area contributed by atoms with Crippen LogP contribution >= 0.6 is 0 Å². The Hall–Kier alpha value is -2.45. The zero-order chi connectivity index (χ0) is 21.0. The van der Waals surface area contributed by atoms with Gasteiger partial charge < -0.3 is 11.1 Å². The van der Waals surface area contributed by atoms with Crippen molar-refractivity contribution in [3.8, 4) is 0 Å². The van der Waals surface area contributed by atoms with Gasteiger partial charge >= 0.3 is 0 Å². The Kier molecular flexibility index (Phi) is 6.34. The van der Waals surface area contributed by atoms with Crippen molar-refractivity contribution in [2.45, 2.75) is 13.1 Å². The van der Waals surface area contributed by atoms with Crippen molar-refractivity contribution in [1.82, 2.24) is 14.2 Å². The van der Waals surface area contributed by atoms with Gasteiger partial charge in [0.2, 0.25) is 10.0 Å². The highest BCUT2D eigenvalue weighted by atomic mass is 32.2. The molecule has 0 saturated carbocycles. The molecular weight excluding hydrogens is 396 g/mol. The van der Waals surface area contributed by atoms with E-state index in [1.165, 1.54) is 9.54 Å². The first-order chi connectivity index (χ1) is 14.6. The molecule has 0 radical (unpaired) electrons. The Morgan fingerprint density at radius 1 is 1.03 bits per heavy atom. The fourth-order valence-corrected chi connectivity index (χ4v) is 5.05. The standard InChI is InChI=1S/C23H28N4O2S/c24-17-20-8-6-19(7-9-20)3-2-16-30(28,29)27-13-10-22-21(4-1-5-23(22)27)18-26-14-11-25-12-15-26/h1-10,13,25H,11-12,14-18,24H2. The largest absolute Gasteiger partial charge is 0.326 e. The molecule has 0 bridgehead atoms. The summed E-state index contributed by atoms with van der Waals surface area (Å²) in [5.41, 5.74) is 9.53. The highest BCUT2D eigenvalue weighted by molar-refractivity contribution is 7.90. The van der Waals surface area contributed by atoms with E-state index in [4.69, 9.17) is 5.73 Å². The monoisotopic (exact) mass is 424 g/mol. The summed E-state index contributed by atoms with van der Waals surface area (Å²) in [7, 11) is -3.49. The molecule has 3 N–H and O–H groups in total. The molecule has 0 amide bonds. The van der Waals surface area contributed by atoms with Crippen LogP contribution in [-0.4, -0.2) is 49.2 Å². The van der Waals surface area contributed by atoms with Crippen LogP contribution in [0, 0.1) is 0 Å². The van der Waals surface area contributed by atoms with E-state index in [9.17, 15) is 8.42 Å². The van der Waals surface area contributed by atoms with Gasteiger partial charge in [0, 0.05) is 50.9 Å². The minimum atomic E-state index is -3.49. The van der Waals surface area contributed by atoms with Crippen molar-refractivity contribution in [3.05, 3.63) is 77.5 Å². The van der Waals surface area contributed by atoms with E-state index in [1.807, 2.05) is 48.5 Å². The van der Waals surface area contributed by atoms with Crippen LogP contribution in [-0.2, 0) is 23.1 Å². The Labute approximate surface area is 178 Å². The average molecular weight is 425 g/mol. The highest BCUT2D eigenvalue weighted by Gasteiger charge is 2.17. The molecule has 30 heavy (non-hydrogen) atoms. The molecule has 2 heterocycles. The maximum atomic E-state index is 13.0. The number of nitrogens with two attached hydrogens (primary N) is 1. The highest BCUT2D eigenvalue weighted by Crippen LogP contribution is 2.23. The SMILES string of the molecule is NCc1ccc(C=CCS(=O)(=O)n2ccc3c(CN4CCNCC4)cccc32)cc1.